The molecule has 8 nitrogen and oxygen atoms in total. The molecule has 0 saturated heterocycles. The van der Waals surface area contributed by atoms with Crippen LogP contribution in [0.1, 0.15) is 43.9 Å². The van der Waals surface area contributed by atoms with Gasteiger partial charge in [0.15, 0.2) is 5.82 Å². The van der Waals surface area contributed by atoms with Crippen molar-refractivity contribution in [3.05, 3.63) is 66.0 Å². The number of aliphatic hydroxyl groups excluding tert-OH is 2. The molecule has 0 amide bonds. The Labute approximate surface area is 184 Å². The molecule has 0 aliphatic heterocycles. The summed E-state index contributed by atoms with van der Waals surface area (Å²) in [6.07, 6.45) is 5.03. The lowest BCUT2D eigenvalue weighted by molar-refractivity contribution is -0.139. The van der Waals surface area contributed by atoms with Gasteiger partial charge in [0.1, 0.15) is 5.82 Å². The fourth-order valence-electron chi connectivity index (χ4n) is 3.34. The van der Waals surface area contributed by atoms with E-state index in [1.165, 1.54) is 18.2 Å². The molecule has 2 heterocycles. The van der Waals surface area contributed by atoms with E-state index < -0.39 is 24.6 Å². The maximum atomic E-state index is 13.6. The van der Waals surface area contributed by atoms with Gasteiger partial charge in [-0.3, -0.25) is 9.78 Å². The van der Waals surface area contributed by atoms with E-state index in [1.807, 2.05) is 13.8 Å². The summed E-state index contributed by atoms with van der Waals surface area (Å²) in [7, 11) is 0. The molecule has 0 spiro atoms. The molecular weight excluding hydrogens is 415 g/mol. The Bertz CT molecular complexity index is 1080. The molecule has 168 valence electrons. The normalized spacial score (nSPS) is 13.6. The highest BCUT2D eigenvalue weighted by atomic mass is 19.1. The number of carboxylic acid groups (broad SMARTS) is 1. The van der Waals surface area contributed by atoms with Gasteiger partial charge < -0.3 is 15.3 Å². The maximum absolute atomic E-state index is 13.6. The summed E-state index contributed by atoms with van der Waals surface area (Å²) in [6, 6.07) is 5.97. The van der Waals surface area contributed by atoms with Crippen LogP contribution in [-0.4, -0.2) is 53.2 Å². The van der Waals surface area contributed by atoms with Crippen molar-refractivity contribution in [2.75, 3.05) is 0 Å². The van der Waals surface area contributed by atoms with Crippen LogP contribution >= 0.6 is 0 Å². The van der Waals surface area contributed by atoms with E-state index in [1.54, 1.807) is 41.5 Å². The molecule has 1 aromatic carbocycles. The van der Waals surface area contributed by atoms with Gasteiger partial charge in [-0.05, 0) is 30.2 Å². The van der Waals surface area contributed by atoms with E-state index in [9.17, 15) is 19.4 Å². The first kappa shape index (κ1) is 23.2. The summed E-state index contributed by atoms with van der Waals surface area (Å²) in [5.74, 6) is -1.02. The summed E-state index contributed by atoms with van der Waals surface area (Å²) in [6.45, 7) is 3.95. The van der Waals surface area contributed by atoms with Crippen molar-refractivity contribution in [3.8, 4) is 17.1 Å². The number of carboxylic acids is 1. The minimum Gasteiger partial charge on any atom is -0.481 e. The Kier molecular flexibility index (Phi) is 7.45. The van der Waals surface area contributed by atoms with Gasteiger partial charge in [-0.2, -0.15) is 5.10 Å². The molecule has 0 radical (unpaired) electrons. The summed E-state index contributed by atoms with van der Waals surface area (Å²) in [5, 5.41) is 33.6. The number of rotatable bonds is 9. The number of benzene rings is 1. The smallest absolute Gasteiger partial charge is 0.305 e. The third-order valence-corrected chi connectivity index (χ3v) is 4.79. The van der Waals surface area contributed by atoms with Crippen molar-refractivity contribution in [2.24, 2.45) is 0 Å². The predicted molar refractivity (Wildman–Crippen MR) is 117 cm³/mol. The van der Waals surface area contributed by atoms with Crippen LogP contribution in [0, 0.1) is 5.82 Å². The average Bonchev–Trinajstić information content (AvgIpc) is 3.12. The Morgan fingerprint density at radius 1 is 1.19 bits per heavy atom. The van der Waals surface area contributed by atoms with Crippen LogP contribution in [0.25, 0.3) is 23.2 Å². The van der Waals surface area contributed by atoms with Gasteiger partial charge in [0.2, 0.25) is 0 Å². The topological polar surface area (TPSA) is 121 Å². The first-order valence-corrected chi connectivity index (χ1v) is 10.2. The molecule has 0 fully saturated rings. The summed E-state index contributed by atoms with van der Waals surface area (Å²) in [4.78, 5) is 19.2. The van der Waals surface area contributed by atoms with Gasteiger partial charge >= 0.3 is 5.97 Å². The van der Waals surface area contributed by atoms with E-state index >= 15 is 0 Å². The number of aliphatic hydroxyl groups is 2. The SMILES string of the molecule is CC(C)c1nn(-c2cnccn2)c(-c2ccc(F)cc2)c1/C=C/C(O)CC(O)CC(=O)O. The molecule has 2 aromatic heterocycles. The standard InChI is InChI=1S/C23H25FN4O4/c1-14(2)22-19(8-7-17(29)11-18(30)12-21(31)32)23(15-3-5-16(24)6-4-15)28(27-22)20-13-25-9-10-26-20/h3-10,13-14,17-18,29-30H,11-12H2,1-2H3,(H,31,32)/b8-7+. The van der Waals surface area contributed by atoms with Crippen molar-refractivity contribution < 1.29 is 24.5 Å². The van der Waals surface area contributed by atoms with Crippen molar-refractivity contribution >= 4 is 12.0 Å². The number of halogens is 1. The Morgan fingerprint density at radius 2 is 1.91 bits per heavy atom. The minimum absolute atomic E-state index is 0.0153. The maximum Gasteiger partial charge on any atom is 0.305 e. The molecule has 3 aromatic rings. The van der Waals surface area contributed by atoms with Gasteiger partial charge in [0.05, 0.1) is 36.2 Å². The molecular formula is C23H25FN4O4. The monoisotopic (exact) mass is 440 g/mol. The second kappa shape index (κ2) is 10.3. The average molecular weight is 440 g/mol. The van der Waals surface area contributed by atoms with E-state index in [2.05, 4.69) is 9.97 Å². The first-order valence-electron chi connectivity index (χ1n) is 10.2. The molecule has 2 unspecified atom stereocenters. The Hall–Kier alpha value is -3.43. The molecule has 9 heteroatoms. The van der Waals surface area contributed by atoms with Crippen LogP contribution in [-0.2, 0) is 4.79 Å². The zero-order valence-corrected chi connectivity index (χ0v) is 17.8. The molecule has 3 N–H and O–H groups in total. The van der Waals surface area contributed by atoms with Crippen LogP contribution in [0.15, 0.2) is 48.9 Å². The number of aromatic nitrogens is 4. The van der Waals surface area contributed by atoms with E-state index in [0.29, 0.717) is 22.6 Å². The molecule has 32 heavy (non-hydrogen) atoms. The highest BCUT2D eigenvalue weighted by Gasteiger charge is 2.22. The summed E-state index contributed by atoms with van der Waals surface area (Å²) >= 11 is 0. The number of carbonyl (C=O) groups is 1. The van der Waals surface area contributed by atoms with Gasteiger partial charge in [-0.25, -0.2) is 14.1 Å². The largest absolute Gasteiger partial charge is 0.481 e. The van der Waals surface area contributed by atoms with Gasteiger partial charge in [-0.15, -0.1) is 0 Å². The van der Waals surface area contributed by atoms with E-state index in [0.717, 1.165) is 5.69 Å². The molecule has 0 saturated carbocycles. The fourth-order valence-corrected chi connectivity index (χ4v) is 3.34. The van der Waals surface area contributed by atoms with Gasteiger partial charge in [0.25, 0.3) is 0 Å². The lowest BCUT2D eigenvalue weighted by Gasteiger charge is -2.11. The summed E-state index contributed by atoms with van der Waals surface area (Å²) in [5.41, 5.74) is 2.76. The van der Waals surface area contributed by atoms with Crippen molar-refractivity contribution in [3.63, 3.8) is 0 Å². The second-order valence-corrected chi connectivity index (χ2v) is 7.70. The highest BCUT2D eigenvalue weighted by molar-refractivity contribution is 5.75. The van der Waals surface area contributed by atoms with E-state index in [-0.39, 0.29) is 18.2 Å². The summed E-state index contributed by atoms with van der Waals surface area (Å²) < 4.78 is 15.2. The molecule has 0 aliphatic rings. The van der Waals surface area contributed by atoms with Crippen LogP contribution < -0.4 is 0 Å². The van der Waals surface area contributed by atoms with E-state index in [4.69, 9.17) is 10.2 Å². The number of hydrogen-bond donors (Lipinski definition) is 3. The third-order valence-electron chi connectivity index (χ3n) is 4.79. The van der Waals surface area contributed by atoms with Crippen LogP contribution in [0.3, 0.4) is 0 Å². The number of hydrogen-bond acceptors (Lipinski definition) is 6. The molecule has 0 bridgehead atoms. The lowest BCUT2D eigenvalue weighted by Crippen LogP contribution is -2.19. The molecule has 2 atom stereocenters. The fraction of sp³-hybridized carbons (Fsp3) is 0.304. The zero-order valence-electron chi connectivity index (χ0n) is 17.8. The van der Waals surface area contributed by atoms with Gasteiger partial charge in [0, 0.05) is 29.9 Å². The van der Waals surface area contributed by atoms with Crippen molar-refractivity contribution in [1.29, 1.82) is 0 Å². The second-order valence-electron chi connectivity index (χ2n) is 7.70. The molecule has 3 rings (SSSR count). The van der Waals surface area contributed by atoms with Gasteiger partial charge in [-0.1, -0.05) is 26.0 Å². The lowest BCUT2D eigenvalue weighted by atomic mass is 9.98. The van der Waals surface area contributed by atoms with Crippen LogP contribution in [0.4, 0.5) is 4.39 Å². The number of aliphatic carboxylic acids is 1. The van der Waals surface area contributed by atoms with Crippen LogP contribution in [0.2, 0.25) is 0 Å². The first-order chi connectivity index (χ1) is 15.3. The highest BCUT2D eigenvalue weighted by Crippen LogP contribution is 2.33. The van der Waals surface area contributed by atoms with Crippen LogP contribution in [0.5, 0.6) is 0 Å². The predicted octanol–water partition coefficient (Wildman–Crippen LogP) is 3.19. The third kappa shape index (κ3) is 5.63. The van der Waals surface area contributed by atoms with Crippen molar-refractivity contribution in [1.82, 2.24) is 19.7 Å². The zero-order chi connectivity index (χ0) is 23.3. The molecule has 0 aliphatic carbocycles. The Morgan fingerprint density at radius 3 is 2.50 bits per heavy atom. The van der Waals surface area contributed by atoms with Crippen molar-refractivity contribution in [2.45, 2.75) is 44.8 Å². The quantitative estimate of drug-likeness (QED) is 0.467. The Balaban J connectivity index is 2.08. The number of nitrogens with zero attached hydrogens (tertiary/aromatic N) is 4. The minimum atomic E-state index is -1.17.